The molecule has 0 bridgehead atoms. The summed E-state index contributed by atoms with van der Waals surface area (Å²) in [4.78, 5) is 10.3. The average molecular weight is 302 g/mol. The van der Waals surface area contributed by atoms with Gasteiger partial charge in [-0.1, -0.05) is 67.7 Å². The van der Waals surface area contributed by atoms with Crippen molar-refractivity contribution in [3.63, 3.8) is 0 Å². The Labute approximate surface area is 135 Å². The van der Waals surface area contributed by atoms with E-state index >= 15 is 0 Å². The van der Waals surface area contributed by atoms with Crippen LogP contribution in [0.25, 0.3) is 0 Å². The van der Waals surface area contributed by atoms with Gasteiger partial charge in [-0.15, -0.1) is 0 Å². The maximum absolute atomic E-state index is 10.3. The van der Waals surface area contributed by atoms with Gasteiger partial charge in [0.15, 0.2) is 0 Å². The van der Waals surface area contributed by atoms with Gasteiger partial charge in [-0.2, -0.15) is 0 Å². The largest absolute Gasteiger partial charge is 0.481 e. The minimum atomic E-state index is -0.715. The minimum absolute atomic E-state index is 0.258. The Kier molecular flexibility index (Phi) is 15.8. The van der Waals surface area contributed by atoms with Crippen LogP contribution in [0.2, 0.25) is 0 Å². The summed E-state index contributed by atoms with van der Waals surface area (Å²) in [6, 6.07) is 0. The Bertz CT molecular complexity index is 398. The summed E-state index contributed by atoms with van der Waals surface area (Å²) in [7, 11) is 0. The molecule has 0 aliphatic carbocycles. The van der Waals surface area contributed by atoms with E-state index in [1.807, 2.05) is 0 Å². The Balaban J connectivity index is 3.46. The zero-order chi connectivity index (χ0) is 16.3. The lowest BCUT2D eigenvalue weighted by molar-refractivity contribution is -0.137. The highest BCUT2D eigenvalue weighted by molar-refractivity contribution is 5.66. The molecule has 2 heteroatoms. The van der Waals surface area contributed by atoms with Crippen LogP contribution in [0.15, 0.2) is 60.8 Å². The second-order valence-corrected chi connectivity index (χ2v) is 4.99. The molecule has 0 aromatic heterocycles. The van der Waals surface area contributed by atoms with E-state index < -0.39 is 5.97 Å². The first-order valence-corrected chi connectivity index (χ1v) is 8.24. The molecule has 0 fully saturated rings. The van der Waals surface area contributed by atoms with Gasteiger partial charge in [-0.25, -0.2) is 0 Å². The molecule has 0 radical (unpaired) electrons. The fraction of sp³-hybridized carbons (Fsp3) is 0.450. The molecule has 0 aromatic carbocycles. The van der Waals surface area contributed by atoms with Crippen molar-refractivity contribution in [2.24, 2.45) is 0 Å². The highest BCUT2D eigenvalue weighted by Gasteiger charge is 1.92. The van der Waals surface area contributed by atoms with Crippen molar-refractivity contribution in [3.8, 4) is 0 Å². The number of allylic oxidation sites excluding steroid dienone is 10. The Hall–Kier alpha value is -1.83. The van der Waals surface area contributed by atoms with Crippen molar-refractivity contribution >= 4 is 5.97 Å². The molecule has 2 nitrogen and oxygen atoms in total. The molecule has 0 atom stereocenters. The first-order valence-electron chi connectivity index (χ1n) is 8.24. The third-order valence-electron chi connectivity index (χ3n) is 2.92. The molecule has 0 heterocycles. The molecule has 0 rings (SSSR count). The van der Waals surface area contributed by atoms with Crippen molar-refractivity contribution in [2.75, 3.05) is 0 Å². The quantitative estimate of drug-likeness (QED) is 0.335. The molecule has 122 valence electrons. The number of carbonyl (C=O) groups is 1. The zero-order valence-electron chi connectivity index (χ0n) is 13.8. The fourth-order valence-electron chi connectivity index (χ4n) is 1.74. The van der Waals surface area contributed by atoms with Crippen molar-refractivity contribution < 1.29 is 9.90 Å². The predicted molar refractivity (Wildman–Crippen MR) is 95.9 cm³/mol. The van der Waals surface area contributed by atoms with Gasteiger partial charge >= 0.3 is 5.97 Å². The highest BCUT2D eigenvalue weighted by atomic mass is 16.4. The van der Waals surface area contributed by atoms with Gasteiger partial charge in [-0.3, -0.25) is 4.79 Å². The maximum Gasteiger partial charge on any atom is 0.303 e. The number of hydrogen-bond donors (Lipinski definition) is 1. The molecule has 1 N–H and O–H groups in total. The van der Waals surface area contributed by atoms with Crippen LogP contribution in [0.1, 0.15) is 58.3 Å². The van der Waals surface area contributed by atoms with Crippen LogP contribution in [-0.2, 0) is 4.79 Å². The van der Waals surface area contributed by atoms with Crippen LogP contribution < -0.4 is 0 Å². The van der Waals surface area contributed by atoms with Gasteiger partial charge in [0, 0.05) is 6.42 Å². The highest BCUT2D eigenvalue weighted by Crippen LogP contribution is 1.99. The minimum Gasteiger partial charge on any atom is -0.481 e. The summed E-state index contributed by atoms with van der Waals surface area (Å²) >= 11 is 0. The monoisotopic (exact) mass is 302 g/mol. The summed E-state index contributed by atoms with van der Waals surface area (Å²) in [5.74, 6) is -0.715. The molecule has 0 saturated heterocycles. The normalized spacial score (nSPS) is 12.8. The van der Waals surface area contributed by atoms with E-state index in [4.69, 9.17) is 5.11 Å². The van der Waals surface area contributed by atoms with Gasteiger partial charge < -0.3 is 5.11 Å². The van der Waals surface area contributed by atoms with Crippen LogP contribution in [0, 0.1) is 0 Å². The molecule has 0 aliphatic heterocycles. The van der Waals surface area contributed by atoms with Crippen molar-refractivity contribution in [3.05, 3.63) is 60.8 Å². The van der Waals surface area contributed by atoms with Gasteiger partial charge in [0.1, 0.15) is 0 Å². The second-order valence-electron chi connectivity index (χ2n) is 4.99. The smallest absolute Gasteiger partial charge is 0.303 e. The molecule has 0 aliphatic rings. The first kappa shape index (κ1) is 20.2. The Morgan fingerprint density at radius 1 is 0.727 bits per heavy atom. The zero-order valence-corrected chi connectivity index (χ0v) is 13.8. The summed E-state index contributed by atoms with van der Waals surface area (Å²) in [6.07, 6.45) is 28.4. The molecule has 22 heavy (non-hydrogen) atoms. The van der Waals surface area contributed by atoms with Crippen LogP contribution in [-0.4, -0.2) is 11.1 Å². The van der Waals surface area contributed by atoms with E-state index in [9.17, 15) is 4.79 Å². The number of aliphatic carboxylic acids is 1. The van der Waals surface area contributed by atoms with Crippen molar-refractivity contribution in [1.82, 2.24) is 0 Å². The fourth-order valence-corrected chi connectivity index (χ4v) is 1.74. The maximum atomic E-state index is 10.3. The summed E-state index contributed by atoms with van der Waals surface area (Å²) in [5, 5.41) is 8.49. The standard InChI is InChI=1S/C20H30O2/c1-2-3-4-5-6-7-8-9-10-11-12-13-14-15-16-17-18-19-20(21)22/h3-4,6-7,9-10,12-13,15-16H,2,5,8,11,14,17-19H2,1H3,(H,21,22)/b4-3+,7-6+,10-9-,13-12+,16-15+. The molecule has 0 aromatic rings. The number of hydrogen-bond acceptors (Lipinski definition) is 1. The van der Waals surface area contributed by atoms with Crippen molar-refractivity contribution in [2.45, 2.75) is 58.3 Å². The van der Waals surface area contributed by atoms with Crippen LogP contribution in [0.5, 0.6) is 0 Å². The number of rotatable bonds is 13. The van der Waals surface area contributed by atoms with E-state index in [1.54, 1.807) is 0 Å². The lowest BCUT2D eigenvalue weighted by Gasteiger charge is -1.89. The van der Waals surface area contributed by atoms with E-state index in [2.05, 4.69) is 67.7 Å². The summed E-state index contributed by atoms with van der Waals surface area (Å²) < 4.78 is 0. The SMILES string of the molecule is CC/C=C/C/C=C/C/C=C\C/C=C/C/C=C/CCCC(=O)O. The third kappa shape index (κ3) is 18.2. The Morgan fingerprint density at radius 2 is 1.14 bits per heavy atom. The molecule has 0 saturated carbocycles. The van der Waals surface area contributed by atoms with Crippen LogP contribution in [0.3, 0.4) is 0 Å². The first-order chi connectivity index (χ1) is 10.8. The van der Waals surface area contributed by atoms with Crippen molar-refractivity contribution in [1.29, 1.82) is 0 Å². The number of carboxylic acids is 1. The third-order valence-corrected chi connectivity index (χ3v) is 2.92. The van der Waals surface area contributed by atoms with Crippen LogP contribution in [0.4, 0.5) is 0 Å². The van der Waals surface area contributed by atoms with E-state index in [-0.39, 0.29) is 6.42 Å². The van der Waals surface area contributed by atoms with Gasteiger partial charge in [0.2, 0.25) is 0 Å². The molecule has 0 spiro atoms. The number of carboxylic acid groups (broad SMARTS) is 1. The number of unbranched alkanes of at least 4 members (excludes halogenated alkanes) is 1. The predicted octanol–water partition coefficient (Wildman–Crippen LogP) is 5.99. The van der Waals surface area contributed by atoms with Gasteiger partial charge in [0.25, 0.3) is 0 Å². The van der Waals surface area contributed by atoms with E-state index in [0.29, 0.717) is 0 Å². The van der Waals surface area contributed by atoms with Gasteiger partial charge in [-0.05, 0) is 44.9 Å². The van der Waals surface area contributed by atoms with Crippen LogP contribution >= 0.6 is 0 Å². The molecule has 0 amide bonds. The second kappa shape index (κ2) is 17.2. The lowest BCUT2D eigenvalue weighted by Crippen LogP contribution is -1.92. The van der Waals surface area contributed by atoms with E-state index in [0.717, 1.165) is 44.9 Å². The summed E-state index contributed by atoms with van der Waals surface area (Å²) in [6.45, 7) is 2.14. The topological polar surface area (TPSA) is 37.3 Å². The Morgan fingerprint density at radius 3 is 1.55 bits per heavy atom. The summed E-state index contributed by atoms with van der Waals surface area (Å²) in [5.41, 5.74) is 0. The lowest BCUT2D eigenvalue weighted by atomic mass is 10.2. The van der Waals surface area contributed by atoms with Gasteiger partial charge in [0.05, 0.1) is 0 Å². The molecular formula is C20H30O2. The molecular weight excluding hydrogens is 272 g/mol. The molecule has 0 unspecified atom stereocenters. The average Bonchev–Trinajstić information content (AvgIpc) is 2.50. The van der Waals surface area contributed by atoms with E-state index in [1.165, 1.54) is 0 Å².